The molecule has 0 unspecified atom stereocenters. The number of carbonyl (C=O) groups is 1. The molecule has 0 aliphatic heterocycles. The van der Waals surface area contributed by atoms with Crippen LogP contribution in [0.5, 0.6) is 0 Å². The van der Waals surface area contributed by atoms with E-state index in [2.05, 4.69) is 20.8 Å². The average molecular weight is 379 g/mol. The minimum absolute atomic E-state index is 0.351. The van der Waals surface area contributed by atoms with Gasteiger partial charge in [-0.3, -0.25) is 0 Å². The molecule has 0 radical (unpaired) electrons. The monoisotopic (exact) mass is 380 g/mol. The molecule has 0 bridgehead atoms. The van der Waals surface area contributed by atoms with Gasteiger partial charge >= 0.3 is 125 Å². The second-order valence-electron chi connectivity index (χ2n) is 5.27. The van der Waals surface area contributed by atoms with Crippen LogP contribution in [0.2, 0.25) is 4.44 Å². The third kappa shape index (κ3) is 14.1. The normalized spacial score (nSPS) is 10.5. The van der Waals surface area contributed by atoms with Crippen LogP contribution in [-0.4, -0.2) is 32.9 Å². The summed E-state index contributed by atoms with van der Waals surface area (Å²) in [6, 6.07) is 0. The number of carbonyl (C=O) groups excluding carboxylic acids is 1. The van der Waals surface area contributed by atoms with Crippen molar-refractivity contribution in [1.29, 1.82) is 0 Å². The van der Waals surface area contributed by atoms with E-state index in [-0.39, 0.29) is 0 Å². The van der Waals surface area contributed by atoms with E-state index in [9.17, 15) is 7.87 Å². The molecule has 5 heteroatoms. The molecule has 0 atom stereocenters. The predicted octanol–water partition coefficient (Wildman–Crippen LogP) is 4.46. The molecule has 0 N–H and O–H groups in total. The first-order valence-electron chi connectivity index (χ1n) is 7.43. The summed E-state index contributed by atoms with van der Waals surface area (Å²) in [4.78, 5) is 11.2. The summed E-state index contributed by atoms with van der Waals surface area (Å²) in [7, 11) is 0. The van der Waals surface area contributed by atoms with E-state index in [0.717, 1.165) is 19.3 Å². The van der Waals surface area contributed by atoms with Gasteiger partial charge in [0.2, 0.25) is 0 Å². The van der Waals surface area contributed by atoms with Gasteiger partial charge in [-0.25, -0.2) is 0 Å². The van der Waals surface area contributed by atoms with Gasteiger partial charge < -0.3 is 0 Å². The molecule has 0 rings (SSSR count). The average Bonchev–Trinajstić information content (AvgIpc) is 2.33. The summed E-state index contributed by atoms with van der Waals surface area (Å²) >= 11 is -3.16. The maximum atomic E-state index is 11.6. The van der Waals surface area contributed by atoms with Crippen molar-refractivity contribution in [1.82, 2.24) is 0 Å². The summed E-state index contributed by atoms with van der Waals surface area (Å²) in [6.45, 7) is 6.65. The molecule has 0 aromatic heterocycles. The predicted molar refractivity (Wildman–Crippen MR) is 76.5 cm³/mol. The molecular weight excluding hydrogens is 351 g/mol. The number of ether oxygens (including phenoxy) is 1. The van der Waals surface area contributed by atoms with E-state index in [0.29, 0.717) is 17.0 Å². The van der Waals surface area contributed by atoms with E-state index >= 15 is 0 Å². The minimum atomic E-state index is -3.16. The third-order valence-electron chi connectivity index (χ3n) is 2.85. The Labute approximate surface area is 124 Å². The molecule has 19 heavy (non-hydrogen) atoms. The zero-order valence-corrected chi connectivity index (χ0v) is 15.4. The topological polar surface area (TPSA) is 52.6 Å². The summed E-state index contributed by atoms with van der Waals surface area (Å²) < 4.78 is 21.9. The molecule has 4 nitrogen and oxygen atoms in total. The molecule has 0 aromatic rings. The number of rotatable bonds is 11. The van der Waals surface area contributed by atoms with E-state index in [1.165, 1.54) is 25.7 Å². The van der Waals surface area contributed by atoms with Crippen molar-refractivity contribution < 1.29 is 15.7 Å². The first-order valence-corrected chi connectivity index (χ1v) is 11.8. The summed E-state index contributed by atoms with van der Waals surface area (Å²) in [5.74, 6) is 0.487. The first-order chi connectivity index (χ1) is 9.06. The molecule has 112 valence electrons. The van der Waals surface area contributed by atoms with E-state index in [4.69, 9.17) is 7.81 Å². The Kier molecular flexibility index (Phi) is 12.8. The molecule has 0 amide bonds. The number of hydrogen-bond donors (Lipinski definition) is 0. The van der Waals surface area contributed by atoms with Crippen molar-refractivity contribution in [3.63, 3.8) is 0 Å². The van der Waals surface area contributed by atoms with Crippen LogP contribution in [0, 0.1) is 5.92 Å². The van der Waals surface area contributed by atoms with Crippen LogP contribution in [0.25, 0.3) is 0 Å². The van der Waals surface area contributed by atoms with Crippen molar-refractivity contribution in [2.75, 3.05) is 6.61 Å². The molecule has 0 saturated carbocycles. The Bertz CT molecular complexity index is 254. The molecular formula is C14H28O4Sn. The van der Waals surface area contributed by atoms with Gasteiger partial charge in [-0.15, -0.1) is 0 Å². The van der Waals surface area contributed by atoms with Crippen LogP contribution in [0.15, 0.2) is 0 Å². The molecule has 0 aliphatic rings. The van der Waals surface area contributed by atoms with Crippen molar-refractivity contribution in [2.45, 2.75) is 70.2 Å². The Morgan fingerprint density at radius 2 is 1.74 bits per heavy atom. The Balaban J connectivity index is 3.44. The van der Waals surface area contributed by atoms with Gasteiger partial charge in [0.1, 0.15) is 0 Å². The van der Waals surface area contributed by atoms with Crippen LogP contribution in [-0.2, 0) is 10.9 Å². The zero-order chi connectivity index (χ0) is 14.5. The zero-order valence-electron chi connectivity index (χ0n) is 12.6. The van der Waals surface area contributed by atoms with Gasteiger partial charge in [0.05, 0.1) is 0 Å². The van der Waals surface area contributed by atoms with Crippen molar-refractivity contribution >= 4 is 26.3 Å². The second-order valence-corrected chi connectivity index (χ2v) is 9.41. The number of unbranched alkanes of at least 4 members (excludes halogenated alkanes) is 5. The van der Waals surface area contributed by atoms with Crippen molar-refractivity contribution in [3.8, 4) is 0 Å². The Hall–Kier alpha value is -0.131. The maximum absolute atomic E-state index is 11.6. The molecule has 0 saturated heterocycles. The fourth-order valence-electron chi connectivity index (χ4n) is 1.60. The second kappa shape index (κ2) is 12.9. The fraction of sp³-hybridized carbons (Fsp3) is 0.929. The fourth-order valence-corrected chi connectivity index (χ4v) is 4.13. The van der Waals surface area contributed by atoms with Crippen LogP contribution in [0.4, 0.5) is 4.79 Å². The van der Waals surface area contributed by atoms with Crippen molar-refractivity contribution in [2.24, 2.45) is 5.92 Å². The SMILES string of the molecule is CCCCCCC[CH2][Sn](=[O])[O]C(=O)OCCC(C)C. The standard InChI is InChI=1S/C8H17.C6H12O3.O.Sn/c1-3-5-7-8-6-4-2;1-5(2)3-4-9-6(7)8;;/h1,3-8H2,2H3;5H,3-4H2,1-2H3,(H,7,8);;/q;;;+1/p-1. The van der Waals surface area contributed by atoms with Gasteiger partial charge in [-0.2, -0.15) is 0 Å². The summed E-state index contributed by atoms with van der Waals surface area (Å²) in [5.41, 5.74) is 0. The van der Waals surface area contributed by atoms with Gasteiger partial charge in [0.15, 0.2) is 0 Å². The third-order valence-corrected chi connectivity index (χ3v) is 6.15. The van der Waals surface area contributed by atoms with Crippen LogP contribution >= 0.6 is 0 Å². The molecule has 0 fully saturated rings. The summed E-state index contributed by atoms with van der Waals surface area (Å²) in [6.07, 6.45) is 6.98. The molecule has 0 spiro atoms. The molecule has 0 aliphatic carbocycles. The van der Waals surface area contributed by atoms with Crippen LogP contribution in [0.1, 0.15) is 65.7 Å². The number of hydrogen-bond acceptors (Lipinski definition) is 4. The van der Waals surface area contributed by atoms with E-state index in [1.807, 2.05) is 0 Å². The van der Waals surface area contributed by atoms with Crippen LogP contribution in [0.3, 0.4) is 0 Å². The molecule has 0 heterocycles. The van der Waals surface area contributed by atoms with E-state index < -0.39 is 26.3 Å². The van der Waals surface area contributed by atoms with Gasteiger partial charge in [-0.05, 0) is 0 Å². The van der Waals surface area contributed by atoms with Gasteiger partial charge in [0.25, 0.3) is 0 Å². The van der Waals surface area contributed by atoms with Crippen molar-refractivity contribution in [3.05, 3.63) is 0 Å². The Morgan fingerprint density at radius 1 is 1.11 bits per heavy atom. The molecule has 0 aromatic carbocycles. The van der Waals surface area contributed by atoms with Gasteiger partial charge in [-0.1, -0.05) is 0 Å². The quantitative estimate of drug-likeness (QED) is 0.302. The van der Waals surface area contributed by atoms with Crippen LogP contribution < -0.4 is 0 Å². The summed E-state index contributed by atoms with van der Waals surface area (Å²) in [5, 5.41) is 0. The first kappa shape index (κ1) is 18.9. The van der Waals surface area contributed by atoms with E-state index in [1.54, 1.807) is 0 Å². The Morgan fingerprint density at radius 3 is 2.37 bits per heavy atom. The van der Waals surface area contributed by atoms with Gasteiger partial charge in [0, 0.05) is 0 Å².